The van der Waals surface area contributed by atoms with Crippen molar-refractivity contribution in [2.45, 2.75) is 12.5 Å². The molecule has 0 bridgehead atoms. The van der Waals surface area contributed by atoms with Crippen molar-refractivity contribution in [3.63, 3.8) is 0 Å². The van der Waals surface area contributed by atoms with Gasteiger partial charge in [0.2, 0.25) is 0 Å². The quantitative estimate of drug-likeness (QED) is 0.520. The van der Waals surface area contributed by atoms with Crippen LogP contribution >= 0.6 is 0 Å². The van der Waals surface area contributed by atoms with Gasteiger partial charge in [0.1, 0.15) is 17.7 Å². The number of nitrogens with zero attached hydrogens (tertiary/aromatic N) is 3. The lowest BCUT2D eigenvalue weighted by molar-refractivity contribution is 0.457. The lowest BCUT2D eigenvalue weighted by Gasteiger charge is -2.35. The first-order valence-electron chi connectivity index (χ1n) is 8.37. The standard InChI is InChI=1S/C22H19N3/c1-18-23-17-25(24-18)22(19-11-5-2-6-12-19,20-13-7-3-8-14-20)21-15-9-4-10-16-21/h2-17H,1H3. The van der Waals surface area contributed by atoms with E-state index < -0.39 is 5.54 Å². The molecule has 3 nitrogen and oxygen atoms in total. The fourth-order valence-electron chi connectivity index (χ4n) is 3.44. The zero-order valence-corrected chi connectivity index (χ0v) is 14.1. The van der Waals surface area contributed by atoms with Gasteiger partial charge in [0.25, 0.3) is 0 Å². The van der Waals surface area contributed by atoms with E-state index in [2.05, 4.69) is 77.8 Å². The van der Waals surface area contributed by atoms with E-state index in [1.54, 1.807) is 0 Å². The first kappa shape index (κ1) is 15.3. The Kier molecular flexibility index (Phi) is 3.90. The Hall–Kier alpha value is -3.20. The molecule has 0 aliphatic rings. The van der Waals surface area contributed by atoms with Crippen molar-refractivity contribution in [1.82, 2.24) is 14.8 Å². The maximum Gasteiger partial charge on any atom is 0.147 e. The maximum atomic E-state index is 4.72. The van der Waals surface area contributed by atoms with Crippen LogP contribution in [-0.4, -0.2) is 14.8 Å². The van der Waals surface area contributed by atoms with Crippen LogP contribution in [0.5, 0.6) is 0 Å². The molecule has 3 heteroatoms. The summed E-state index contributed by atoms with van der Waals surface area (Å²) in [5.74, 6) is 0.757. The zero-order valence-electron chi connectivity index (χ0n) is 14.1. The molecule has 0 aliphatic heterocycles. The Labute approximate surface area is 147 Å². The molecule has 25 heavy (non-hydrogen) atoms. The summed E-state index contributed by atoms with van der Waals surface area (Å²) in [5, 5.41) is 4.72. The summed E-state index contributed by atoms with van der Waals surface area (Å²) in [6.07, 6.45) is 1.82. The molecule has 3 aromatic carbocycles. The van der Waals surface area contributed by atoms with Crippen molar-refractivity contribution in [2.75, 3.05) is 0 Å². The number of benzene rings is 3. The van der Waals surface area contributed by atoms with Gasteiger partial charge < -0.3 is 0 Å². The molecule has 0 N–H and O–H groups in total. The lowest BCUT2D eigenvalue weighted by atomic mass is 9.77. The molecule has 0 radical (unpaired) electrons. The Morgan fingerprint density at radius 3 is 1.36 bits per heavy atom. The average Bonchev–Trinajstić information content (AvgIpc) is 3.12. The molecule has 122 valence electrons. The van der Waals surface area contributed by atoms with Crippen LogP contribution in [-0.2, 0) is 5.54 Å². The molecule has 0 spiro atoms. The first-order valence-corrected chi connectivity index (χ1v) is 8.37. The third-order valence-electron chi connectivity index (χ3n) is 4.52. The monoisotopic (exact) mass is 325 g/mol. The second kappa shape index (κ2) is 6.36. The van der Waals surface area contributed by atoms with Gasteiger partial charge in [-0.2, -0.15) is 5.10 Å². The van der Waals surface area contributed by atoms with Gasteiger partial charge in [-0.3, -0.25) is 0 Å². The van der Waals surface area contributed by atoms with Crippen LogP contribution in [0.3, 0.4) is 0 Å². The fourth-order valence-corrected chi connectivity index (χ4v) is 3.44. The largest absolute Gasteiger partial charge is 0.233 e. The third-order valence-corrected chi connectivity index (χ3v) is 4.52. The van der Waals surface area contributed by atoms with Crippen molar-refractivity contribution >= 4 is 0 Å². The normalized spacial score (nSPS) is 11.4. The van der Waals surface area contributed by atoms with Crippen molar-refractivity contribution in [3.05, 3.63) is 120 Å². The van der Waals surface area contributed by atoms with E-state index in [0.717, 1.165) is 22.5 Å². The van der Waals surface area contributed by atoms with Crippen LogP contribution in [0.2, 0.25) is 0 Å². The highest BCUT2D eigenvalue weighted by Gasteiger charge is 2.39. The smallest absolute Gasteiger partial charge is 0.147 e. The molecule has 0 amide bonds. The highest BCUT2D eigenvalue weighted by atomic mass is 15.4. The van der Waals surface area contributed by atoms with Crippen LogP contribution in [0.4, 0.5) is 0 Å². The van der Waals surface area contributed by atoms with Crippen LogP contribution in [0.25, 0.3) is 0 Å². The van der Waals surface area contributed by atoms with Gasteiger partial charge in [0.15, 0.2) is 0 Å². The molecule has 4 aromatic rings. The Bertz CT molecular complexity index is 848. The summed E-state index contributed by atoms with van der Waals surface area (Å²) in [6.45, 7) is 1.92. The number of hydrogen-bond acceptors (Lipinski definition) is 2. The van der Waals surface area contributed by atoms with Crippen LogP contribution in [0.15, 0.2) is 97.3 Å². The van der Waals surface area contributed by atoms with E-state index in [-0.39, 0.29) is 0 Å². The maximum absolute atomic E-state index is 4.72. The van der Waals surface area contributed by atoms with Gasteiger partial charge in [-0.15, -0.1) is 0 Å². The number of rotatable bonds is 4. The molecule has 1 heterocycles. The summed E-state index contributed by atoms with van der Waals surface area (Å²) in [4.78, 5) is 4.41. The first-order chi connectivity index (χ1) is 12.3. The van der Waals surface area contributed by atoms with E-state index in [9.17, 15) is 0 Å². The SMILES string of the molecule is Cc1ncn(C(c2ccccc2)(c2ccccc2)c2ccccc2)n1. The second-order valence-electron chi connectivity index (χ2n) is 6.04. The van der Waals surface area contributed by atoms with Crippen molar-refractivity contribution in [2.24, 2.45) is 0 Å². The van der Waals surface area contributed by atoms with Crippen LogP contribution < -0.4 is 0 Å². The summed E-state index contributed by atoms with van der Waals surface area (Å²) >= 11 is 0. The van der Waals surface area contributed by atoms with Gasteiger partial charge >= 0.3 is 0 Å². The summed E-state index contributed by atoms with van der Waals surface area (Å²) in [6, 6.07) is 31.4. The number of aryl methyl sites for hydroxylation is 1. The summed E-state index contributed by atoms with van der Waals surface area (Å²) in [5.41, 5.74) is 2.89. The summed E-state index contributed by atoms with van der Waals surface area (Å²) in [7, 11) is 0. The van der Waals surface area contributed by atoms with E-state index in [0.29, 0.717) is 0 Å². The molecular formula is C22H19N3. The van der Waals surface area contributed by atoms with E-state index in [1.807, 2.05) is 36.1 Å². The average molecular weight is 325 g/mol. The van der Waals surface area contributed by atoms with E-state index >= 15 is 0 Å². The zero-order chi connectivity index (χ0) is 17.1. The van der Waals surface area contributed by atoms with Gasteiger partial charge in [-0.25, -0.2) is 9.67 Å². The lowest BCUT2D eigenvalue weighted by Crippen LogP contribution is -2.38. The Morgan fingerprint density at radius 2 is 1.04 bits per heavy atom. The molecule has 0 saturated heterocycles. The topological polar surface area (TPSA) is 30.7 Å². The van der Waals surface area contributed by atoms with Gasteiger partial charge in [0, 0.05) is 0 Å². The molecule has 0 unspecified atom stereocenters. The Balaban J connectivity index is 2.12. The number of aromatic nitrogens is 3. The van der Waals surface area contributed by atoms with E-state index in [4.69, 9.17) is 5.10 Å². The molecule has 0 saturated carbocycles. The van der Waals surface area contributed by atoms with Gasteiger partial charge in [0.05, 0.1) is 0 Å². The minimum absolute atomic E-state index is 0.564. The number of hydrogen-bond donors (Lipinski definition) is 0. The second-order valence-corrected chi connectivity index (χ2v) is 6.04. The fraction of sp³-hybridized carbons (Fsp3) is 0.0909. The molecule has 0 atom stereocenters. The molecule has 1 aromatic heterocycles. The minimum Gasteiger partial charge on any atom is -0.233 e. The van der Waals surface area contributed by atoms with Crippen molar-refractivity contribution in [1.29, 1.82) is 0 Å². The highest BCUT2D eigenvalue weighted by molar-refractivity contribution is 5.50. The van der Waals surface area contributed by atoms with Gasteiger partial charge in [-0.1, -0.05) is 91.0 Å². The van der Waals surface area contributed by atoms with Crippen molar-refractivity contribution in [3.8, 4) is 0 Å². The predicted octanol–water partition coefficient (Wildman–Crippen LogP) is 4.43. The molecule has 4 rings (SSSR count). The van der Waals surface area contributed by atoms with E-state index in [1.165, 1.54) is 0 Å². The predicted molar refractivity (Wildman–Crippen MR) is 99.4 cm³/mol. The molecule has 0 aliphatic carbocycles. The summed E-state index contributed by atoms with van der Waals surface area (Å²) < 4.78 is 1.97. The highest BCUT2D eigenvalue weighted by Crippen LogP contribution is 2.39. The minimum atomic E-state index is -0.564. The molecular weight excluding hydrogens is 306 g/mol. The molecule has 0 fully saturated rings. The van der Waals surface area contributed by atoms with Crippen molar-refractivity contribution < 1.29 is 0 Å². The Morgan fingerprint density at radius 1 is 0.640 bits per heavy atom. The van der Waals surface area contributed by atoms with Crippen LogP contribution in [0.1, 0.15) is 22.5 Å². The van der Waals surface area contributed by atoms with Crippen LogP contribution in [0, 0.1) is 6.92 Å². The third kappa shape index (κ3) is 2.54. The van der Waals surface area contributed by atoms with Gasteiger partial charge in [-0.05, 0) is 23.6 Å².